The van der Waals surface area contributed by atoms with Crippen LogP contribution in [0.1, 0.15) is 25.7 Å². The molecular formula is C12H19NO3. The summed E-state index contributed by atoms with van der Waals surface area (Å²) in [4.78, 5) is 24.6. The van der Waals surface area contributed by atoms with Gasteiger partial charge in [-0.1, -0.05) is 18.9 Å². The fraction of sp³-hybridized carbons (Fsp3) is 0.667. The first kappa shape index (κ1) is 12.7. The highest BCUT2D eigenvalue weighted by Crippen LogP contribution is 2.31. The van der Waals surface area contributed by atoms with Gasteiger partial charge in [-0.2, -0.15) is 0 Å². The first-order valence-corrected chi connectivity index (χ1v) is 5.66. The third kappa shape index (κ3) is 2.84. The summed E-state index contributed by atoms with van der Waals surface area (Å²) in [6.07, 6.45) is 4.81. The molecule has 0 radical (unpaired) electrons. The fourth-order valence-electron chi connectivity index (χ4n) is 2.29. The summed E-state index contributed by atoms with van der Waals surface area (Å²) >= 11 is 0. The summed E-state index contributed by atoms with van der Waals surface area (Å²) < 4.78 is 0. The van der Waals surface area contributed by atoms with Gasteiger partial charge in [-0.25, -0.2) is 0 Å². The molecule has 1 aliphatic rings. The first-order valence-electron chi connectivity index (χ1n) is 5.66. The van der Waals surface area contributed by atoms with Gasteiger partial charge in [0.25, 0.3) is 0 Å². The minimum atomic E-state index is -0.843. The van der Waals surface area contributed by atoms with Crippen LogP contribution in [0.3, 0.4) is 0 Å². The van der Waals surface area contributed by atoms with E-state index in [9.17, 15) is 9.59 Å². The Labute approximate surface area is 95.9 Å². The van der Waals surface area contributed by atoms with E-state index in [0.717, 1.165) is 12.8 Å². The van der Waals surface area contributed by atoms with Crippen LogP contribution in [0.5, 0.6) is 0 Å². The Morgan fingerprint density at radius 3 is 2.44 bits per heavy atom. The summed E-state index contributed by atoms with van der Waals surface area (Å²) in [5.74, 6) is -1.76. The largest absolute Gasteiger partial charge is 0.481 e. The summed E-state index contributed by atoms with van der Waals surface area (Å²) in [6, 6.07) is 0. The van der Waals surface area contributed by atoms with Gasteiger partial charge in [0.15, 0.2) is 0 Å². The van der Waals surface area contributed by atoms with Gasteiger partial charge in [-0.3, -0.25) is 9.59 Å². The SMILES string of the molecule is C=CCN(C)C(=O)[C@@H]1CCCC[C@@H]1C(=O)O. The quantitative estimate of drug-likeness (QED) is 0.738. The van der Waals surface area contributed by atoms with E-state index in [4.69, 9.17) is 5.11 Å². The molecule has 1 aliphatic carbocycles. The highest BCUT2D eigenvalue weighted by atomic mass is 16.4. The Kier molecular flexibility index (Phi) is 4.52. The molecule has 1 rings (SSSR count). The number of rotatable bonds is 4. The summed E-state index contributed by atoms with van der Waals surface area (Å²) in [6.45, 7) is 4.05. The van der Waals surface area contributed by atoms with Crippen molar-refractivity contribution in [2.75, 3.05) is 13.6 Å². The van der Waals surface area contributed by atoms with Crippen molar-refractivity contribution in [1.29, 1.82) is 0 Å². The molecule has 0 spiro atoms. The number of amides is 1. The van der Waals surface area contributed by atoms with Crippen molar-refractivity contribution < 1.29 is 14.7 Å². The topological polar surface area (TPSA) is 57.6 Å². The van der Waals surface area contributed by atoms with Gasteiger partial charge >= 0.3 is 5.97 Å². The maximum absolute atomic E-state index is 12.0. The van der Waals surface area contributed by atoms with E-state index in [-0.39, 0.29) is 11.8 Å². The highest BCUT2D eigenvalue weighted by Gasteiger charge is 2.36. The molecule has 4 heteroatoms. The maximum Gasteiger partial charge on any atom is 0.307 e. The molecule has 0 saturated heterocycles. The lowest BCUT2D eigenvalue weighted by atomic mass is 9.78. The summed E-state index contributed by atoms with van der Waals surface area (Å²) in [5, 5.41) is 9.08. The minimum Gasteiger partial charge on any atom is -0.481 e. The lowest BCUT2D eigenvalue weighted by Gasteiger charge is -2.30. The van der Waals surface area contributed by atoms with E-state index in [0.29, 0.717) is 19.4 Å². The number of carboxylic acid groups (broad SMARTS) is 1. The van der Waals surface area contributed by atoms with E-state index in [1.807, 2.05) is 0 Å². The van der Waals surface area contributed by atoms with Crippen LogP contribution in [0, 0.1) is 11.8 Å². The average Bonchev–Trinajstić information content (AvgIpc) is 2.28. The first-order chi connectivity index (χ1) is 7.57. The van der Waals surface area contributed by atoms with Gasteiger partial charge in [0.2, 0.25) is 5.91 Å². The third-order valence-corrected chi connectivity index (χ3v) is 3.18. The Bertz CT molecular complexity index is 288. The second kappa shape index (κ2) is 5.68. The molecular weight excluding hydrogens is 206 g/mol. The number of hydrogen-bond acceptors (Lipinski definition) is 2. The van der Waals surface area contributed by atoms with Crippen molar-refractivity contribution in [3.05, 3.63) is 12.7 Å². The van der Waals surface area contributed by atoms with Crippen molar-refractivity contribution >= 4 is 11.9 Å². The molecule has 2 atom stereocenters. The Hall–Kier alpha value is -1.32. The summed E-state index contributed by atoms with van der Waals surface area (Å²) in [7, 11) is 1.69. The predicted octanol–water partition coefficient (Wildman–Crippen LogP) is 1.52. The molecule has 16 heavy (non-hydrogen) atoms. The van der Waals surface area contributed by atoms with E-state index in [1.165, 1.54) is 0 Å². The van der Waals surface area contributed by atoms with Crippen LogP contribution >= 0.6 is 0 Å². The van der Waals surface area contributed by atoms with Crippen LogP contribution in [0.4, 0.5) is 0 Å². The standard InChI is InChI=1S/C12H19NO3/c1-3-8-13(2)11(14)9-6-4-5-7-10(9)12(15)16/h3,9-10H,1,4-8H2,2H3,(H,15,16)/t9-,10+/m1/s1. The van der Waals surface area contributed by atoms with Crippen LogP contribution in [0.15, 0.2) is 12.7 Å². The van der Waals surface area contributed by atoms with Crippen molar-refractivity contribution in [3.8, 4) is 0 Å². The molecule has 0 heterocycles. The molecule has 0 aromatic rings. The van der Waals surface area contributed by atoms with Crippen LogP contribution in [0.25, 0.3) is 0 Å². The maximum atomic E-state index is 12.0. The van der Waals surface area contributed by atoms with Gasteiger partial charge < -0.3 is 10.0 Å². The lowest BCUT2D eigenvalue weighted by Crippen LogP contribution is -2.40. The average molecular weight is 225 g/mol. The highest BCUT2D eigenvalue weighted by molar-refractivity contribution is 5.84. The third-order valence-electron chi connectivity index (χ3n) is 3.18. The predicted molar refractivity (Wildman–Crippen MR) is 60.9 cm³/mol. The van der Waals surface area contributed by atoms with Crippen molar-refractivity contribution in [2.24, 2.45) is 11.8 Å². The van der Waals surface area contributed by atoms with E-state index in [1.54, 1.807) is 18.0 Å². The number of carbonyl (C=O) groups excluding carboxylic acids is 1. The van der Waals surface area contributed by atoms with Gasteiger partial charge in [0, 0.05) is 13.6 Å². The molecule has 1 saturated carbocycles. The Morgan fingerprint density at radius 2 is 1.94 bits per heavy atom. The number of likely N-dealkylation sites (N-methyl/N-ethyl adjacent to an activating group) is 1. The van der Waals surface area contributed by atoms with Gasteiger partial charge in [0.1, 0.15) is 0 Å². The van der Waals surface area contributed by atoms with Crippen molar-refractivity contribution in [3.63, 3.8) is 0 Å². The zero-order valence-corrected chi connectivity index (χ0v) is 9.69. The minimum absolute atomic E-state index is 0.0630. The molecule has 0 aliphatic heterocycles. The number of carboxylic acids is 1. The molecule has 1 fully saturated rings. The molecule has 90 valence electrons. The Balaban J connectivity index is 2.70. The smallest absolute Gasteiger partial charge is 0.307 e. The van der Waals surface area contributed by atoms with Gasteiger partial charge in [-0.05, 0) is 12.8 Å². The zero-order valence-electron chi connectivity index (χ0n) is 9.69. The molecule has 0 bridgehead atoms. The number of hydrogen-bond donors (Lipinski definition) is 1. The molecule has 1 N–H and O–H groups in total. The van der Waals surface area contributed by atoms with Crippen molar-refractivity contribution in [1.82, 2.24) is 4.90 Å². The molecule has 4 nitrogen and oxygen atoms in total. The van der Waals surface area contributed by atoms with E-state index >= 15 is 0 Å². The Morgan fingerprint density at radius 1 is 1.38 bits per heavy atom. The number of nitrogens with zero attached hydrogens (tertiary/aromatic N) is 1. The van der Waals surface area contributed by atoms with E-state index in [2.05, 4.69) is 6.58 Å². The van der Waals surface area contributed by atoms with E-state index < -0.39 is 11.9 Å². The monoisotopic (exact) mass is 225 g/mol. The second-order valence-electron chi connectivity index (χ2n) is 4.34. The molecule has 0 aromatic heterocycles. The lowest BCUT2D eigenvalue weighted by molar-refractivity contribution is -0.151. The van der Waals surface area contributed by atoms with Crippen LogP contribution in [-0.4, -0.2) is 35.5 Å². The van der Waals surface area contributed by atoms with Crippen LogP contribution < -0.4 is 0 Å². The normalized spacial score (nSPS) is 24.8. The molecule has 1 amide bonds. The van der Waals surface area contributed by atoms with Gasteiger partial charge in [0.05, 0.1) is 11.8 Å². The second-order valence-corrected chi connectivity index (χ2v) is 4.34. The summed E-state index contributed by atoms with van der Waals surface area (Å²) in [5.41, 5.74) is 0. The van der Waals surface area contributed by atoms with Crippen LogP contribution in [0.2, 0.25) is 0 Å². The van der Waals surface area contributed by atoms with Gasteiger partial charge in [-0.15, -0.1) is 6.58 Å². The number of aliphatic carboxylic acids is 1. The molecule has 0 unspecified atom stereocenters. The fourth-order valence-corrected chi connectivity index (χ4v) is 2.29. The van der Waals surface area contributed by atoms with Crippen molar-refractivity contribution in [2.45, 2.75) is 25.7 Å². The van der Waals surface area contributed by atoms with Crippen LogP contribution in [-0.2, 0) is 9.59 Å². The zero-order chi connectivity index (χ0) is 12.1. The number of carbonyl (C=O) groups is 2. The molecule has 0 aromatic carbocycles.